The number of anilines is 1. The summed E-state index contributed by atoms with van der Waals surface area (Å²) in [4.78, 5) is 0.291. The van der Waals surface area contributed by atoms with Crippen molar-refractivity contribution in [2.75, 3.05) is 10.8 Å². The number of hydrogen-bond donors (Lipinski definition) is 0. The number of nitrogens with zero attached hydrogens (tertiary/aromatic N) is 2. The van der Waals surface area contributed by atoms with Crippen LogP contribution in [-0.4, -0.2) is 19.5 Å². The number of halogens is 2. The fraction of sp³-hybridized carbons (Fsp3) is 0.133. The van der Waals surface area contributed by atoms with E-state index in [1.807, 2.05) is 61.5 Å². The van der Waals surface area contributed by atoms with Crippen molar-refractivity contribution in [3.63, 3.8) is 0 Å². The number of rotatable bonds is 4. The van der Waals surface area contributed by atoms with Crippen LogP contribution < -0.4 is 4.31 Å². The van der Waals surface area contributed by atoms with Crippen molar-refractivity contribution in [1.82, 2.24) is 4.57 Å². The number of benzene rings is 4. The molecule has 4 nitrogen and oxygen atoms in total. The maximum Gasteiger partial charge on any atom is 0.264 e. The Morgan fingerprint density at radius 2 is 1.59 bits per heavy atom. The van der Waals surface area contributed by atoms with E-state index >= 15 is 0 Å². The molecule has 0 N–H and O–H groups in total. The van der Waals surface area contributed by atoms with Crippen LogP contribution in [0.3, 0.4) is 0 Å². The third-order valence-electron chi connectivity index (χ3n) is 7.05. The van der Waals surface area contributed by atoms with Gasteiger partial charge in [0.05, 0.1) is 17.1 Å². The lowest BCUT2D eigenvalue weighted by molar-refractivity contribution is 0.592. The number of para-hydroxylation sites is 1. The van der Waals surface area contributed by atoms with Crippen molar-refractivity contribution in [2.45, 2.75) is 25.3 Å². The molecule has 0 fully saturated rings. The predicted octanol–water partition coefficient (Wildman–Crippen LogP) is 8.18. The van der Waals surface area contributed by atoms with Gasteiger partial charge in [-0.3, -0.25) is 4.31 Å². The first-order valence-corrected chi connectivity index (χ1v) is 15.0. The molecule has 0 bridgehead atoms. The van der Waals surface area contributed by atoms with Crippen LogP contribution in [0.25, 0.3) is 27.4 Å². The molecule has 0 unspecified atom stereocenters. The number of hydrogen-bond acceptors (Lipinski definition) is 2. The minimum atomic E-state index is -3.79. The first-order chi connectivity index (χ1) is 17.8. The van der Waals surface area contributed by atoms with E-state index in [0.717, 1.165) is 54.2 Å². The molecule has 1 aromatic heterocycles. The van der Waals surface area contributed by atoms with E-state index < -0.39 is 10.0 Å². The lowest BCUT2D eigenvalue weighted by atomic mass is 9.90. The van der Waals surface area contributed by atoms with Crippen molar-refractivity contribution in [3.8, 4) is 0 Å². The summed E-state index contributed by atoms with van der Waals surface area (Å²) in [5.41, 5.74) is 6.94. The molecule has 0 saturated carbocycles. The molecule has 4 aromatic carbocycles. The average Bonchev–Trinajstić information content (AvgIpc) is 3.23. The second kappa shape index (κ2) is 9.19. The molecule has 1 aliphatic rings. The van der Waals surface area contributed by atoms with E-state index in [1.54, 1.807) is 16.4 Å². The topological polar surface area (TPSA) is 42.3 Å². The highest BCUT2D eigenvalue weighted by Gasteiger charge is 2.35. The number of sulfonamides is 1. The van der Waals surface area contributed by atoms with Gasteiger partial charge < -0.3 is 4.57 Å². The molecule has 0 spiro atoms. The second-order valence-corrected chi connectivity index (χ2v) is 12.8. The zero-order valence-electron chi connectivity index (χ0n) is 20.4. The van der Waals surface area contributed by atoms with Gasteiger partial charge in [-0.05, 0) is 84.5 Å². The molecule has 0 radical (unpaired) electrons. The molecule has 186 valence electrons. The summed E-state index contributed by atoms with van der Waals surface area (Å²) in [6, 6.07) is 27.3. The van der Waals surface area contributed by atoms with Crippen LogP contribution in [-0.2, 0) is 16.6 Å². The average molecular weight is 639 g/mol. The molecule has 0 saturated heterocycles. The monoisotopic (exact) mass is 638 g/mol. The summed E-state index contributed by atoms with van der Waals surface area (Å²) in [6.07, 6.45) is 0. The van der Waals surface area contributed by atoms with Gasteiger partial charge in [0.15, 0.2) is 0 Å². The van der Waals surface area contributed by atoms with Crippen LogP contribution in [0, 0.1) is 6.92 Å². The summed E-state index contributed by atoms with van der Waals surface area (Å²) >= 11 is 8.55. The molecule has 37 heavy (non-hydrogen) atoms. The Kier molecular flexibility index (Phi) is 6.09. The standard InChI is InChI=1S/C30H24ClIN2O2S/c1-3-33-25-7-5-4-6-23(25)29-26(33)16-17-27-30(29)28(20-10-12-21(31)13-11-20)24(32)18-34(27)37(35,36)22-14-8-19(2)9-15-22/h4-17H,3,18H2,1-2H3. The van der Waals surface area contributed by atoms with Gasteiger partial charge in [-0.15, -0.1) is 0 Å². The first-order valence-electron chi connectivity index (χ1n) is 12.1. The maximum absolute atomic E-state index is 14.0. The highest BCUT2D eigenvalue weighted by molar-refractivity contribution is 14.1. The molecular weight excluding hydrogens is 615 g/mol. The Hall–Kier alpha value is -2.81. The molecule has 1 aliphatic heterocycles. The maximum atomic E-state index is 14.0. The highest BCUT2D eigenvalue weighted by Crippen LogP contribution is 2.48. The van der Waals surface area contributed by atoms with Gasteiger partial charge in [-0.25, -0.2) is 8.42 Å². The largest absolute Gasteiger partial charge is 0.341 e. The highest BCUT2D eigenvalue weighted by atomic mass is 127. The number of aromatic nitrogens is 1. The summed E-state index contributed by atoms with van der Waals surface area (Å²) in [5, 5.41) is 2.85. The fourth-order valence-corrected chi connectivity index (χ4v) is 8.05. The Bertz CT molecular complexity index is 1820. The third kappa shape index (κ3) is 3.88. The van der Waals surface area contributed by atoms with Gasteiger partial charge in [0.25, 0.3) is 10.0 Å². The van der Waals surface area contributed by atoms with E-state index in [2.05, 4.69) is 52.3 Å². The molecule has 0 amide bonds. The Labute approximate surface area is 235 Å². The Balaban J connectivity index is 1.72. The SMILES string of the molecule is CCn1c2ccccc2c2c3c(ccc21)N(S(=O)(=O)c1ccc(C)cc1)CC(I)=C3c1ccc(Cl)cc1. The van der Waals surface area contributed by atoms with Gasteiger partial charge in [0.1, 0.15) is 0 Å². The van der Waals surface area contributed by atoms with Crippen molar-refractivity contribution >= 4 is 77.3 Å². The van der Waals surface area contributed by atoms with Gasteiger partial charge in [-0.2, -0.15) is 0 Å². The summed E-state index contributed by atoms with van der Waals surface area (Å²) in [5.74, 6) is 0. The molecule has 5 aromatic rings. The third-order valence-corrected chi connectivity index (χ3v) is 9.95. The van der Waals surface area contributed by atoms with Gasteiger partial charge in [0.2, 0.25) is 0 Å². The number of aryl methyl sites for hydroxylation is 2. The molecular formula is C30H24ClIN2O2S. The fourth-order valence-electron chi connectivity index (χ4n) is 5.33. The second-order valence-electron chi connectivity index (χ2n) is 9.23. The number of fused-ring (bicyclic) bond motifs is 5. The Morgan fingerprint density at radius 1 is 0.892 bits per heavy atom. The zero-order valence-corrected chi connectivity index (χ0v) is 24.1. The minimum Gasteiger partial charge on any atom is -0.341 e. The lowest BCUT2D eigenvalue weighted by Gasteiger charge is -2.33. The molecule has 2 heterocycles. The lowest BCUT2D eigenvalue weighted by Crippen LogP contribution is -2.35. The quantitative estimate of drug-likeness (QED) is 0.186. The van der Waals surface area contributed by atoms with Crippen LogP contribution in [0.15, 0.2) is 93.4 Å². The molecule has 6 rings (SSSR count). The van der Waals surface area contributed by atoms with Crippen LogP contribution >= 0.6 is 34.2 Å². The van der Waals surface area contributed by atoms with Crippen LogP contribution in [0.1, 0.15) is 23.6 Å². The summed E-state index contributed by atoms with van der Waals surface area (Å²) in [6.45, 7) is 5.17. The predicted molar refractivity (Wildman–Crippen MR) is 162 cm³/mol. The minimum absolute atomic E-state index is 0.264. The van der Waals surface area contributed by atoms with Crippen molar-refractivity contribution in [2.24, 2.45) is 0 Å². The van der Waals surface area contributed by atoms with E-state index in [-0.39, 0.29) is 6.54 Å². The molecule has 7 heteroatoms. The van der Waals surface area contributed by atoms with Gasteiger partial charge in [0, 0.05) is 48.1 Å². The van der Waals surface area contributed by atoms with E-state index in [1.165, 1.54) is 0 Å². The summed E-state index contributed by atoms with van der Waals surface area (Å²) < 4.78 is 32.9. The van der Waals surface area contributed by atoms with Crippen LogP contribution in [0.4, 0.5) is 5.69 Å². The Morgan fingerprint density at radius 3 is 2.30 bits per heavy atom. The first kappa shape index (κ1) is 24.5. The van der Waals surface area contributed by atoms with Crippen molar-refractivity contribution < 1.29 is 8.42 Å². The van der Waals surface area contributed by atoms with E-state index in [0.29, 0.717) is 15.6 Å². The van der Waals surface area contributed by atoms with E-state index in [4.69, 9.17) is 11.6 Å². The molecule has 0 aliphatic carbocycles. The van der Waals surface area contributed by atoms with Gasteiger partial charge >= 0.3 is 0 Å². The van der Waals surface area contributed by atoms with Crippen LogP contribution in [0.2, 0.25) is 5.02 Å². The van der Waals surface area contributed by atoms with Crippen LogP contribution in [0.5, 0.6) is 0 Å². The summed E-state index contributed by atoms with van der Waals surface area (Å²) in [7, 11) is -3.79. The van der Waals surface area contributed by atoms with Gasteiger partial charge in [-0.1, -0.05) is 59.6 Å². The smallest absolute Gasteiger partial charge is 0.264 e. The molecule has 0 atom stereocenters. The van der Waals surface area contributed by atoms with Crippen molar-refractivity contribution in [3.05, 3.63) is 110 Å². The normalized spacial score (nSPS) is 14.0. The van der Waals surface area contributed by atoms with E-state index in [9.17, 15) is 8.42 Å². The zero-order chi connectivity index (χ0) is 25.9. The van der Waals surface area contributed by atoms with Crippen molar-refractivity contribution in [1.29, 1.82) is 0 Å².